The Balaban J connectivity index is 1.74. The molecule has 172 valence electrons. The summed E-state index contributed by atoms with van der Waals surface area (Å²) in [4.78, 5) is 30.1. The van der Waals surface area contributed by atoms with E-state index in [1.165, 1.54) is 17.0 Å². The van der Waals surface area contributed by atoms with Gasteiger partial charge in [0.2, 0.25) is 5.91 Å². The van der Waals surface area contributed by atoms with E-state index >= 15 is 0 Å². The molecule has 2 N–H and O–H groups in total. The number of thiophene rings is 1. The molecule has 2 heterocycles. The first-order valence-corrected chi connectivity index (χ1v) is 12.4. The van der Waals surface area contributed by atoms with E-state index in [4.69, 9.17) is 0 Å². The van der Waals surface area contributed by atoms with Gasteiger partial charge in [0.15, 0.2) is 0 Å². The zero-order chi connectivity index (χ0) is 22.8. The number of nitrogens with one attached hydrogen (secondary N) is 1. The third kappa shape index (κ3) is 4.89. The van der Waals surface area contributed by atoms with Gasteiger partial charge in [0, 0.05) is 29.7 Å². The molecule has 1 aliphatic carbocycles. The maximum atomic E-state index is 13.8. The summed E-state index contributed by atoms with van der Waals surface area (Å²) in [5.74, 6) is -0.766. The number of aromatic carboxylic acids is 1. The number of carboxylic acid groups (broad SMARTS) is 1. The van der Waals surface area contributed by atoms with Crippen molar-refractivity contribution in [3.05, 3.63) is 41.0 Å². The molecule has 1 aromatic heterocycles. The zero-order valence-electron chi connectivity index (χ0n) is 18.8. The summed E-state index contributed by atoms with van der Waals surface area (Å²) in [5, 5.41) is 9.99. The predicted octanol–water partition coefficient (Wildman–Crippen LogP) is 4.09. The highest BCUT2D eigenvalue weighted by atomic mass is 32.1. The SMILES string of the molecule is CC1CCC(C(=O)N(c2cc(-c3cccc(F)c3)sc2C(=O)O)C2CC[NH+](C)CC2)CC1. The van der Waals surface area contributed by atoms with E-state index in [0.717, 1.165) is 63.0 Å². The second kappa shape index (κ2) is 9.71. The second-order valence-electron chi connectivity index (χ2n) is 9.49. The number of carbonyl (C=O) groups excluding carboxylic acids is 1. The minimum absolute atomic E-state index is 0.00129. The number of amides is 1. The van der Waals surface area contributed by atoms with Gasteiger partial charge in [-0.2, -0.15) is 0 Å². The number of carbonyl (C=O) groups is 2. The number of benzene rings is 1. The summed E-state index contributed by atoms with van der Waals surface area (Å²) in [6.45, 7) is 4.14. The van der Waals surface area contributed by atoms with Crippen molar-refractivity contribution in [2.24, 2.45) is 11.8 Å². The van der Waals surface area contributed by atoms with Crippen molar-refractivity contribution in [2.45, 2.75) is 51.5 Å². The third-order valence-corrected chi connectivity index (χ3v) is 8.21. The monoisotopic (exact) mass is 459 g/mol. The average Bonchev–Trinajstić information content (AvgIpc) is 3.21. The summed E-state index contributed by atoms with van der Waals surface area (Å²) in [6.07, 6.45) is 5.49. The molecule has 0 spiro atoms. The van der Waals surface area contributed by atoms with Crippen LogP contribution >= 0.6 is 11.3 Å². The normalized spacial score (nSPS) is 26.0. The lowest BCUT2D eigenvalue weighted by Crippen LogP contribution is -3.10. The van der Waals surface area contributed by atoms with Crippen LogP contribution in [-0.4, -0.2) is 43.2 Å². The van der Waals surface area contributed by atoms with Crippen molar-refractivity contribution in [1.82, 2.24) is 0 Å². The molecule has 5 nitrogen and oxygen atoms in total. The van der Waals surface area contributed by atoms with Crippen molar-refractivity contribution in [2.75, 3.05) is 25.0 Å². The Morgan fingerprint density at radius 3 is 2.41 bits per heavy atom. The predicted molar refractivity (Wildman–Crippen MR) is 125 cm³/mol. The smallest absolute Gasteiger partial charge is 0.348 e. The number of hydrogen-bond acceptors (Lipinski definition) is 3. The molecular weight excluding hydrogens is 427 g/mol. The van der Waals surface area contributed by atoms with Crippen molar-refractivity contribution >= 4 is 28.9 Å². The number of anilines is 1. The molecule has 1 amide bonds. The van der Waals surface area contributed by atoms with Gasteiger partial charge >= 0.3 is 5.97 Å². The molecule has 1 saturated heterocycles. The maximum Gasteiger partial charge on any atom is 0.348 e. The van der Waals surface area contributed by atoms with Gasteiger partial charge in [0.1, 0.15) is 10.7 Å². The number of likely N-dealkylation sites (tertiary alicyclic amines) is 1. The largest absolute Gasteiger partial charge is 0.477 e. The molecule has 0 atom stereocenters. The molecule has 1 aromatic carbocycles. The van der Waals surface area contributed by atoms with Crippen LogP contribution in [0.2, 0.25) is 0 Å². The summed E-state index contributed by atoms with van der Waals surface area (Å²) in [6, 6.07) is 7.97. The molecule has 2 aromatic rings. The number of quaternary nitrogens is 1. The van der Waals surface area contributed by atoms with Gasteiger partial charge in [-0.25, -0.2) is 9.18 Å². The standard InChI is InChI=1S/C25H31FN2O3S/c1-16-6-8-17(9-7-16)24(29)28(20-10-12-27(2)13-11-20)21-15-22(32-23(21)25(30)31)18-4-3-5-19(26)14-18/h3-5,14-17,20H,6-13H2,1-2H3,(H,30,31)/p+1. The van der Waals surface area contributed by atoms with Gasteiger partial charge < -0.3 is 14.9 Å². The summed E-state index contributed by atoms with van der Waals surface area (Å²) in [5.41, 5.74) is 1.12. The van der Waals surface area contributed by atoms with E-state index < -0.39 is 5.97 Å². The average molecular weight is 460 g/mol. The van der Waals surface area contributed by atoms with Gasteiger partial charge in [0.05, 0.1) is 25.8 Å². The Labute approximate surface area is 192 Å². The minimum atomic E-state index is -1.04. The van der Waals surface area contributed by atoms with Crippen LogP contribution in [0.15, 0.2) is 30.3 Å². The lowest BCUT2D eigenvalue weighted by atomic mass is 9.82. The fourth-order valence-electron chi connectivity index (χ4n) is 5.05. The molecule has 0 radical (unpaired) electrons. The molecule has 2 aliphatic rings. The summed E-state index contributed by atoms with van der Waals surface area (Å²) < 4.78 is 13.8. The van der Waals surface area contributed by atoms with Crippen LogP contribution in [0.5, 0.6) is 0 Å². The van der Waals surface area contributed by atoms with Crippen molar-refractivity contribution < 1.29 is 24.0 Å². The van der Waals surface area contributed by atoms with Crippen LogP contribution in [0.4, 0.5) is 10.1 Å². The van der Waals surface area contributed by atoms with Crippen molar-refractivity contribution in [1.29, 1.82) is 0 Å². The number of hydrogen-bond donors (Lipinski definition) is 2. The summed E-state index contributed by atoms with van der Waals surface area (Å²) in [7, 11) is 2.15. The van der Waals surface area contributed by atoms with Crippen LogP contribution < -0.4 is 9.80 Å². The van der Waals surface area contributed by atoms with E-state index in [0.29, 0.717) is 22.0 Å². The number of rotatable bonds is 5. The Morgan fingerprint density at radius 1 is 1.09 bits per heavy atom. The van der Waals surface area contributed by atoms with Gasteiger partial charge in [-0.1, -0.05) is 19.1 Å². The first kappa shape index (κ1) is 22.9. The highest BCUT2D eigenvalue weighted by molar-refractivity contribution is 7.18. The maximum absolute atomic E-state index is 13.8. The summed E-state index contributed by atoms with van der Waals surface area (Å²) >= 11 is 1.12. The van der Waals surface area contributed by atoms with Gasteiger partial charge in [-0.05, 0) is 55.4 Å². The topological polar surface area (TPSA) is 62.0 Å². The van der Waals surface area contributed by atoms with Gasteiger partial charge in [0.25, 0.3) is 0 Å². The number of carboxylic acids is 1. The number of piperidine rings is 1. The first-order valence-electron chi connectivity index (χ1n) is 11.6. The Morgan fingerprint density at radius 2 is 1.78 bits per heavy atom. The van der Waals surface area contributed by atoms with E-state index in [1.54, 1.807) is 18.2 Å². The molecule has 32 heavy (non-hydrogen) atoms. The highest BCUT2D eigenvalue weighted by Gasteiger charge is 2.37. The highest BCUT2D eigenvalue weighted by Crippen LogP contribution is 2.40. The quantitative estimate of drug-likeness (QED) is 0.708. The van der Waals surface area contributed by atoms with E-state index in [-0.39, 0.29) is 28.6 Å². The van der Waals surface area contributed by atoms with Crippen LogP contribution in [0, 0.1) is 17.7 Å². The Kier molecular flexibility index (Phi) is 6.96. The lowest BCUT2D eigenvalue weighted by Gasteiger charge is -2.38. The minimum Gasteiger partial charge on any atom is -0.477 e. The van der Waals surface area contributed by atoms with E-state index in [1.807, 2.05) is 4.90 Å². The Hall–Kier alpha value is -2.25. The Bertz CT molecular complexity index is 975. The van der Waals surface area contributed by atoms with E-state index in [2.05, 4.69) is 14.0 Å². The first-order chi connectivity index (χ1) is 15.3. The molecule has 4 rings (SSSR count). The number of nitrogens with zero attached hydrogens (tertiary/aromatic N) is 1. The van der Waals surface area contributed by atoms with Gasteiger partial charge in [-0.3, -0.25) is 4.79 Å². The molecule has 0 unspecified atom stereocenters. The van der Waals surface area contributed by atoms with Crippen LogP contribution in [-0.2, 0) is 4.79 Å². The molecule has 0 bridgehead atoms. The molecule has 2 fully saturated rings. The fourth-order valence-corrected chi connectivity index (χ4v) is 6.03. The van der Waals surface area contributed by atoms with Crippen LogP contribution in [0.1, 0.15) is 55.1 Å². The fraction of sp³-hybridized carbons (Fsp3) is 0.520. The van der Waals surface area contributed by atoms with Crippen molar-refractivity contribution in [3.8, 4) is 10.4 Å². The van der Waals surface area contributed by atoms with E-state index in [9.17, 15) is 19.1 Å². The molecular formula is C25H32FN2O3S+. The molecule has 7 heteroatoms. The van der Waals surface area contributed by atoms with Gasteiger partial charge in [-0.15, -0.1) is 11.3 Å². The third-order valence-electron chi connectivity index (χ3n) is 7.05. The second-order valence-corrected chi connectivity index (χ2v) is 10.5. The van der Waals surface area contributed by atoms with Crippen molar-refractivity contribution in [3.63, 3.8) is 0 Å². The van der Waals surface area contributed by atoms with Crippen LogP contribution in [0.3, 0.4) is 0 Å². The number of halogens is 1. The lowest BCUT2D eigenvalue weighted by molar-refractivity contribution is -0.884. The van der Waals surface area contributed by atoms with Crippen LogP contribution in [0.25, 0.3) is 10.4 Å². The zero-order valence-corrected chi connectivity index (χ0v) is 19.6. The molecule has 1 saturated carbocycles. The molecule has 1 aliphatic heterocycles.